The molecule has 1 atom stereocenters. The second kappa shape index (κ2) is 8.25. The average Bonchev–Trinajstić information content (AvgIpc) is 2.52. The standard InChI is InChI=1S/C16H26N2O2/c1-3-17-12-15-13-20-11-10-18(15)9-8-14-4-6-16(19-2)7-5-14/h4-7,15,17H,3,8-13H2,1-2H3. The Labute approximate surface area is 122 Å². The molecule has 0 aliphatic carbocycles. The fourth-order valence-electron chi connectivity index (χ4n) is 2.55. The van der Waals surface area contributed by atoms with Crippen LogP contribution in [0.5, 0.6) is 5.75 Å². The van der Waals surface area contributed by atoms with E-state index in [4.69, 9.17) is 9.47 Å². The van der Waals surface area contributed by atoms with Crippen molar-refractivity contribution < 1.29 is 9.47 Å². The van der Waals surface area contributed by atoms with Gasteiger partial charge < -0.3 is 14.8 Å². The Morgan fingerprint density at radius 2 is 2.15 bits per heavy atom. The van der Waals surface area contributed by atoms with E-state index in [0.29, 0.717) is 6.04 Å². The first-order valence-electron chi connectivity index (χ1n) is 7.49. The molecule has 1 aromatic carbocycles. The molecule has 1 fully saturated rings. The number of hydrogen-bond donors (Lipinski definition) is 1. The lowest BCUT2D eigenvalue weighted by Crippen LogP contribution is -2.50. The van der Waals surface area contributed by atoms with Gasteiger partial charge in [0.05, 0.1) is 20.3 Å². The molecule has 0 bridgehead atoms. The Balaban J connectivity index is 1.83. The largest absolute Gasteiger partial charge is 0.497 e. The summed E-state index contributed by atoms with van der Waals surface area (Å²) in [6, 6.07) is 8.87. The molecular weight excluding hydrogens is 252 g/mol. The van der Waals surface area contributed by atoms with Crippen LogP contribution in [0.1, 0.15) is 12.5 Å². The lowest BCUT2D eigenvalue weighted by Gasteiger charge is -2.35. The first kappa shape index (κ1) is 15.3. The zero-order valence-electron chi connectivity index (χ0n) is 12.6. The van der Waals surface area contributed by atoms with Gasteiger partial charge in [0.15, 0.2) is 0 Å². The normalized spacial score (nSPS) is 20.0. The van der Waals surface area contributed by atoms with E-state index in [1.165, 1.54) is 5.56 Å². The Bertz CT molecular complexity index is 381. The minimum atomic E-state index is 0.502. The third-order valence-corrected chi connectivity index (χ3v) is 3.83. The summed E-state index contributed by atoms with van der Waals surface area (Å²) in [7, 11) is 1.70. The molecule has 0 aromatic heterocycles. The highest BCUT2D eigenvalue weighted by atomic mass is 16.5. The SMILES string of the molecule is CCNCC1COCCN1CCc1ccc(OC)cc1. The molecule has 1 aliphatic rings. The fraction of sp³-hybridized carbons (Fsp3) is 0.625. The summed E-state index contributed by atoms with van der Waals surface area (Å²) < 4.78 is 10.8. The molecule has 0 spiro atoms. The smallest absolute Gasteiger partial charge is 0.118 e. The van der Waals surface area contributed by atoms with Crippen molar-refractivity contribution in [3.63, 3.8) is 0 Å². The number of benzene rings is 1. The molecule has 1 aromatic rings. The molecule has 0 saturated carbocycles. The van der Waals surface area contributed by atoms with Crippen molar-refractivity contribution in [1.82, 2.24) is 10.2 Å². The lowest BCUT2D eigenvalue weighted by molar-refractivity contribution is -0.00599. The van der Waals surface area contributed by atoms with E-state index in [1.807, 2.05) is 12.1 Å². The Morgan fingerprint density at radius 3 is 2.85 bits per heavy atom. The molecular formula is C16H26N2O2. The van der Waals surface area contributed by atoms with Crippen LogP contribution in [0.3, 0.4) is 0 Å². The van der Waals surface area contributed by atoms with Gasteiger partial charge in [-0.15, -0.1) is 0 Å². The van der Waals surface area contributed by atoms with Gasteiger partial charge in [0, 0.05) is 25.7 Å². The van der Waals surface area contributed by atoms with Crippen LogP contribution in [0, 0.1) is 0 Å². The summed E-state index contributed by atoms with van der Waals surface area (Å²) >= 11 is 0. The molecule has 1 unspecified atom stereocenters. The number of hydrogen-bond acceptors (Lipinski definition) is 4. The highest BCUT2D eigenvalue weighted by Crippen LogP contribution is 2.13. The molecule has 1 saturated heterocycles. The number of ether oxygens (including phenoxy) is 2. The number of methoxy groups -OCH3 is 1. The summed E-state index contributed by atoms with van der Waals surface area (Å²) in [6.07, 6.45) is 1.08. The summed E-state index contributed by atoms with van der Waals surface area (Å²) in [4.78, 5) is 2.54. The minimum Gasteiger partial charge on any atom is -0.497 e. The van der Waals surface area contributed by atoms with Gasteiger partial charge in [-0.2, -0.15) is 0 Å². The van der Waals surface area contributed by atoms with Crippen LogP contribution in [0.4, 0.5) is 0 Å². The molecule has 1 aliphatic heterocycles. The van der Waals surface area contributed by atoms with Crippen molar-refractivity contribution in [2.24, 2.45) is 0 Å². The number of rotatable bonds is 7. The molecule has 0 amide bonds. The topological polar surface area (TPSA) is 33.7 Å². The molecule has 112 valence electrons. The summed E-state index contributed by atoms with van der Waals surface area (Å²) in [6.45, 7) is 7.99. The summed E-state index contributed by atoms with van der Waals surface area (Å²) in [5, 5.41) is 3.42. The molecule has 4 heteroatoms. The van der Waals surface area contributed by atoms with Gasteiger partial charge in [0.2, 0.25) is 0 Å². The van der Waals surface area contributed by atoms with Crippen molar-refractivity contribution in [3.8, 4) is 5.75 Å². The molecule has 1 N–H and O–H groups in total. The van der Waals surface area contributed by atoms with Crippen LogP contribution >= 0.6 is 0 Å². The number of nitrogens with zero attached hydrogens (tertiary/aromatic N) is 1. The highest BCUT2D eigenvalue weighted by molar-refractivity contribution is 5.27. The Kier molecular flexibility index (Phi) is 6.30. The second-order valence-electron chi connectivity index (χ2n) is 5.17. The number of nitrogens with one attached hydrogen (secondary N) is 1. The van der Waals surface area contributed by atoms with Crippen molar-refractivity contribution in [2.45, 2.75) is 19.4 Å². The van der Waals surface area contributed by atoms with Crippen LogP contribution in [0.25, 0.3) is 0 Å². The summed E-state index contributed by atoms with van der Waals surface area (Å²) in [5.74, 6) is 0.921. The quantitative estimate of drug-likeness (QED) is 0.820. The maximum atomic E-state index is 5.59. The monoisotopic (exact) mass is 278 g/mol. The van der Waals surface area contributed by atoms with Crippen LogP contribution < -0.4 is 10.1 Å². The maximum Gasteiger partial charge on any atom is 0.118 e. The molecule has 20 heavy (non-hydrogen) atoms. The van der Waals surface area contributed by atoms with E-state index in [-0.39, 0.29) is 0 Å². The second-order valence-corrected chi connectivity index (χ2v) is 5.17. The van der Waals surface area contributed by atoms with Gasteiger partial charge in [-0.1, -0.05) is 19.1 Å². The number of morpholine rings is 1. The lowest BCUT2D eigenvalue weighted by atomic mass is 10.1. The van der Waals surface area contributed by atoms with E-state index in [9.17, 15) is 0 Å². The van der Waals surface area contributed by atoms with Crippen molar-refractivity contribution in [1.29, 1.82) is 0 Å². The average molecular weight is 278 g/mol. The first-order valence-corrected chi connectivity index (χ1v) is 7.49. The zero-order valence-corrected chi connectivity index (χ0v) is 12.6. The zero-order chi connectivity index (χ0) is 14.2. The minimum absolute atomic E-state index is 0.502. The fourth-order valence-corrected chi connectivity index (χ4v) is 2.55. The van der Waals surface area contributed by atoms with Gasteiger partial charge in [-0.3, -0.25) is 4.90 Å². The summed E-state index contributed by atoms with van der Waals surface area (Å²) in [5.41, 5.74) is 1.36. The van der Waals surface area contributed by atoms with E-state index in [1.54, 1.807) is 7.11 Å². The van der Waals surface area contributed by atoms with Crippen LogP contribution in [0.15, 0.2) is 24.3 Å². The van der Waals surface area contributed by atoms with Crippen LogP contribution in [-0.2, 0) is 11.2 Å². The Morgan fingerprint density at radius 1 is 1.35 bits per heavy atom. The third-order valence-electron chi connectivity index (χ3n) is 3.83. The van der Waals surface area contributed by atoms with E-state index in [2.05, 4.69) is 29.3 Å². The van der Waals surface area contributed by atoms with E-state index < -0.39 is 0 Å². The molecule has 0 radical (unpaired) electrons. The van der Waals surface area contributed by atoms with Gasteiger partial charge >= 0.3 is 0 Å². The van der Waals surface area contributed by atoms with Crippen molar-refractivity contribution in [3.05, 3.63) is 29.8 Å². The van der Waals surface area contributed by atoms with Gasteiger partial charge in [0.1, 0.15) is 5.75 Å². The third kappa shape index (κ3) is 4.47. The highest BCUT2D eigenvalue weighted by Gasteiger charge is 2.21. The predicted octanol–water partition coefficient (Wildman–Crippen LogP) is 1.55. The van der Waals surface area contributed by atoms with E-state index >= 15 is 0 Å². The van der Waals surface area contributed by atoms with Crippen LogP contribution in [0.2, 0.25) is 0 Å². The van der Waals surface area contributed by atoms with Gasteiger partial charge in [-0.25, -0.2) is 0 Å². The van der Waals surface area contributed by atoms with E-state index in [0.717, 1.165) is 51.6 Å². The number of likely N-dealkylation sites (N-methyl/N-ethyl adjacent to an activating group) is 1. The van der Waals surface area contributed by atoms with Gasteiger partial charge in [0.25, 0.3) is 0 Å². The van der Waals surface area contributed by atoms with Crippen molar-refractivity contribution >= 4 is 0 Å². The molecule has 4 nitrogen and oxygen atoms in total. The van der Waals surface area contributed by atoms with Crippen LogP contribution in [-0.4, -0.2) is 57.4 Å². The maximum absolute atomic E-state index is 5.59. The molecule has 2 rings (SSSR count). The van der Waals surface area contributed by atoms with Gasteiger partial charge in [-0.05, 0) is 30.7 Å². The molecule has 1 heterocycles. The predicted molar refractivity (Wildman–Crippen MR) is 81.4 cm³/mol. The first-order chi connectivity index (χ1) is 9.83. The Hall–Kier alpha value is -1.10. The van der Waals surface area contributed by atoms with Crippen molar-refractivity contribution in [2.75, 3.05) is 46.5 Å².